The van der Waals surface area contributed by atoms with Gasteiger partial charge in [0.1, 0.15) is 5.71 Å². The van der Waals surface area contributed by atoms with Crippen molar-refractivity contribution >= 4 is 17.7 Å². The molecular formula is C11H14N2O2. The Morgan fingerprint density at radius 2 is 2.00 bits per heavy atom. The Morgan fingerprint density at radius 1 is 1.40 bits per heavy atom. The van der Waals surface area contributed by atoms with E-state index in [1.54, 1.807) is 0 Å². The van der Waals surface area contributed by atoms with E-state index in [0.29, 0.717) is 12.7 Å². The van der Waals surface area contributed by atoms with E-state index in [9.17, 15) is 4.79 Å². The molecule has 0 aliphatic heterocycles. The molecule has 0 heterocycles. The van der Waals surface area contributed by atoms with Gasteiger partial charge in [-0.1, -0.05) is 17.3 Å². The molecule has 0 atom stereocenters. The molecule has 0 fully saturated rings. The molecule has 1 aromatic rings. The highest BCUT2D eigenvalue weighted by atomic mass is 16.4. The van der Waals surface area contributed by atoms with Crippen molar-refractivity contribution < 1.29 is 10.0 Å². The Labute approximate surface area is 88.8 Å². The summed E-state index contributed by atoms with van der Waals surface area (Å²) >= 11 is 0. The van der Waals surface area contributed by atoms with Crippen LogP contribution in [0.25, 0.3) is 0 Å². The fourth-order valence-corrected chi connectivity index (χ4v) is 1.22. The Bertz CT molecular complexity index is 355. The summed E-state index contributed by atoms with van der Waals surface area (Å²) in [6.45, 7) is 0. The van der Waals surface area contributed by atoms with Crippen LogP contribution in [0.1, 0.15) is 5.56 Å². The fraction of sp³-hybridized carbons (Fsp3) is 0.273. The Balaban J connectivity index is 2.76. The van der Waals surface area contributed by atoms with Gasteiger partial charge in [-0.15, -0.1) is 0 Å². The van der Waals surface area contributed by atoms with E-state index in [4.69, 9.17) is 5.21 Å². The average molecular weight is 206 g/mol. The molecule has 0 aromatic heterocycles. The van der Waals surface area contributed by atoms with Crippen LogP contribution in [0.2, 0.25) is 0 Å². The van der Waals surface area contributed by atoms with Crippen molar-refractivity contribution in [3.63, 3.8) is 0 Å². The lowest BCUT2D eigenvalue weighted by molar-refractivity contribution is -0.102. The van der Waals surface area contributed by atoms with Gasteiger partial charge in [-0.3, -0.25) is 4.79 Å². The molecule has 1 N–H and O–H groups in total. The topological polar surface area (TPSA) is 52.9 Å². The molecule has 15 heavy (non-hydrogen) atoms. The lowest BCUT2D eigenvalue weighted by atomic mass is 10.1. The number of benzene rings is 1. The van der Waals surface area contributed by atoms with Gasteiger partial charge in [-0.05, 0) is 17.7 Å². The minimum Gasteiger partial charge on any atom is -0.411 e. The van der Waals surface area contributed by atoms with Crippen LogP contribution in [0.5, 0.6) is 0 Å². The summed E-state index contributed by atoms with van der Waals surface area (Å²) < 4.78 is 0. The monoisotopic (exact) mass is 206 g/mol. The first-order valence-corrected chi connectivity index (χ1v) is 4.59. The third kappa shape index (κ3) is 3.09. The van der Waals surface area contributed by atoms with Crippen molar-refractivity contribution in [2.24, 2.45) is 5.16 Å². The predicted molar refractivity (Wildman–Crippen MR) is 59.8 cm³/mol. The fourth-order valence-electron chi connectivity index (χ4n) is 1.22. The molecular weight excluding hydrogens is 192 g/mol. The van der Waals surface area contributed by atoms with Gasteiger partial charge >= 0.3 is 0 Å². The van der Waals surface area contributed by atoms with E-state index in [1.165, 1.54) is 0 Å². The van der Waals surface area contributed by atoms with Crippen LogP contribution in [0.3, 0.4) is 0 Å². The zero-order valence-electron chi connectivity index (χ0n) is 8.84. The first kappa shape index (κ1) is 11.2. The third-order valence-electron chi connectivity index (χ3n) is 2.10. The lowest BCUT2D eigenvalue weighted by Gasteiger charge is -2.12. The molecule has 1 aromatic carbocycles. The molecule has 1 rings (SSSR count). The number of oxime groups is 1. The van der Waals surface area contributed by atoms with Gasteiger partial charge in [-0.25, -0.2) is 0 Å². The summed E-state index contributed by atoms with van der Waals surface area (Å²) in [5.41, 5.74) is 2.17. The van der Waals surface area contributed by atoms with Crippen molar-refractivity contribution in [1.82, 2.24) is 0 Å². The standard InChI is InChI=1S/C11H14N2O2/c1-13(2)11-5-3-9(4-6-11)7-10(8-14)12-15/h3-6,8,15H,7H2,1-2H3. The van der Waals surface area contributed by atoms with E-state index in [-0.39, 0.29) is 5.71 Å². The van der Waals surface area contributed by atoms with Crippen LogP contribution >= 0.6 is 0 Å². The van der Waals surface area contributed by atoms with Gasteiger partial charge in [0.2, 0.25) is 0 Å². The van der Waals surface area contributed by atoms with Crippen LogP contribution in [0, 0.1) is 0 Å². The maximum Gasteiger partial charge on any atom is 0.167 e. The van der Waals surface area contributed by atoms with Crippen LogP contribution < -0.4 is 4.90 Å². The van der Waals surface area contributed by atoms with Gasteiger partial charge in [0, 0.05) is 26.2 Å². The molecule has 0 aliphatic rings. The summed E-state index contributed by atoms with van der Waals surface area (Å²) in [4.78, 5) is 12.4. The first-order chi connectivity index (χ1) is 7.17. The molecule has 0 aliphatic carbocycles. The first-order valence-electron chi connectivity index (χ1n) is 4.59. The van der Waals surface area contributed by atoms with Crippen molar-refractivity contribution in [3.8, 4) is 0 Å². The predicted octanol–water partition coefficient (Wildman–Crippen LogP) is 1.32. The summed E-state index contributed by atoms with van der Waals surface area (Å²) in [6.07, 6.45) is 0.910. The second-order valence-corrected chi connectivity index (χ2v) is 3.45. The van der Waals surface area contributed by atoms with Gasteiger partial charge in [0.05, 0.1) is 0 Å². The molecule has 4 nitrogen and oxygen atoms in total. The molecule has 0 saturated heterocycles. The number of carbonyl (C=O) groups excluding carboxylic acids is 1. The number of rotatable bonds is 4. The van der Waals surface area contributed by atoms with Crippen molar-refractivity contribution in [1.29, 1.82) is 0 Å². The minimum absolute atomic E-state index is 0.132. The van der Waals surface area contributed by atoms with Gasteiger partial charge in [0.15, 0.2) is 6.29 Å². The molecule has 0 saturated carbocycles. The van der Waals surface area contributed by atoms with E-state index in [0.717, 1.165) is 11.3 Å². The zero-order valence-corrected chi connectivity index (χ0v) is 8.84. The number of hydrogen-bond donors (Lipinski definition) is 1. The quantitative estimate of drug-likeness (QED) is 0.350. The smallest absolute Gasteiger partial charge is 0.167 e. The number of aldehydes is 1. The summed E-state index contributed by atoms with van der Waals surface area (Å²) in [5, 5.41) is 11.4. The SMILES string of the molecule is CN(C)c1ccc(CC(C=O)=NO)cc1. The molecule has 0 radical (unpaired) electrons. The highest BCUT2D eigenvalue weighted by molar-refractivity contribution is 6.28. The van der Waals surface area contributed by atoms with E-state index < -0.39 is 0 Å². The number of anilines is 1. The minimum atomic E-state index is 0.132. The maximum absolute atomic E-state index is 10.4. The maximum atomic E-state index is 10.4. The van der Waals surface area contributed by atoms with Gasteiger partial charge in [-0.2, -0.15) is 0 Å². The largest absolute Gasteiger partial charge is 0.411 e. The third-order valence-corrected chi connectivity index (χ3v) is 2.10. The Kier molecular flexibility index (Phi) is 3.85. The van der Waals surface area contributed by atoms with E-state index in [2.05, 4.69) is 5.16 Å². The molecule has 0 unspecified atom stereocenters. The Hall–Kier alpha value is -1.84. The zero-order chi connectivity index (χ0) is 11.3. The molecule has 80 valence electrons. The summed E-state index contributed by atoms with van der Waals surface area (Å²) in [5.74, 6) is 0. The summed E-state index contributed by atoms with van der Waals surface area (Å²) in [7, 11) is 3.92. The molecule has 4 heteroatoms. The van der Waals surface area contributed by atoms with Crippen LogP contribution in [0.4, 0.5) is 5.69 Å². The van der Waals surface area contributed by atoms with Gasteiger partial charge < -0.3 is 10.1 Å². The number of carbonyl (C=O) groups is 1. The van der Waals surface area contributed by atoms with Crippen molar-refractivity contribution in [3.05, 3.63) is 29.8 Å². The Morgan fingerprint density at radius 3 is 2.40 bits per heavy atom. The van der Waals surface area contributed by atoms with Crippen molar-refractivity contribution in [2.45, 2.75) is 6.42 Å². The van der Waals surface area contributed by atoms with Crippen LogP contribution in [-0.2, 0) is 11.2 Å². The van der Waals surface area contributed by atoms with Crippen LogP contribution in [0.15, 0.2) is 29.4 Å². The second-order valence-electron chi connectivity index (χ2n) is 3.45. The van der Waals surface area contributed by atoms with E-state index in [1.807, 2.05) is 43.3 Å². The van der Waals surface area contributed by atoms with Crippen LogP contribution in [-0.4, -0.2) is 31.3 Å². The average Bonchev–Trinajstić information content (AvgIpc) is 2.26. The van der Waals surface area contributed by atoms with Crippen molar-refractivity contribution in [2.75, 3.05) is 19.0 Å². The van der Waals surface area contributed by atoms with E-state index >= 15 is 0 Å². The highest BCUT2D eigenvalue weighted by Gasteiger charge is 2.01. The second kappa shape index (κ2) is 5.14. The number of hydrogen-bond acceptors (Lipinski definition) is 4. The lowest BCUT2D eigenvalue weighted by Crippen LogP contribution is -2.09. The number of nitrogens with zero attached hydrogens (tertiary/aromatic N) is 2. The van der Waals surface area contributed by atoms with Gasteiger partial charge in [0.25, 0.3) is 0 Å². The highest BCUT2D eigenvalue weighted by Crippen LogP contribution is 2.12. The molecule has 0 spiro atoms. The summed E-state index contributed by atoms with van der Waals surface area (Å²) in [6, 6.07) is 7.72. The molecule has 0 amide bonds. The normalized spacial score (nSPS) is 11.2. The molecule has 0 bridgehead atoms.